The molecule has 9 nitrogen and oxygen atoms in total. The van der Waals surface area contributed by atoms with E-state index in [1.807, 2.05) is 22.7 Å². The summed E-state index contributed by atoms with van der Waals surface area (Å²) in [4.78, 5) is 25.9. The number of amides is 1. The zero-order chi connectivity index (χ0) is 21.1. The van der Waals surface area contributed by atoms with E-state index < -0.39 is 0 Å². The number of anilines is 1. The number of hydrogen-bond donors (Lipinski definition) is 1. The third-order valence-corrected chi connectivity index (χ3v) is 5.79. The SMILES string of the molecule is CCC(CC)NC(=O)c1ccc2nnc([C@H]3CN(c4ncccn4)CCN3C)n2c1. The molecule has 1 saturated heterocycles. The molecular formula is C21H28N8O. The number of piperazine rings is 1. The molecule has 4 rings (SSSR count). The predicted molar refractivity (Wildman–Crippen MR) is 114 cm³/mol. The zero-order valence-corrected chi connectivity index (χ0v) is 17.7. The first-order valence-corrected chi connectivity index (χ1v) is 10.5. The standard InChI is InChI=1S/C21H28N8O/c1-4-16(5-2)24-20(30)15-7-8-18-25-26-19(29(18)13-15)17-14-28(12-11-27(17)3)21-22-9-6-10-23-21/h6-10,13,16-17H,4-5,11-12,14H2,1-3H3,(H,24,30)/t17-/m1/s1. The number of hydrogen-bond acceptors (Lipinski definition) is 7. The fourth-order valence-electron chi connectivity index (χ4n) is 3.82. The van der Waals surface area contributed by atoms with Crippen LogP contribution >= 0.6 is 0 Å². The normalized spacial score (nSPS) is 17.6. The van der Waals surface area contributed by atoms with Gasteiger partial charge in [-0.1, -0.05) is 13.8 Å². The Bertz CT molecular complexity index is 1000. The van der Waals surface area contributed by atoms with E-state index in [1.165, 1.54) is 0 Å². The Morgan fingerprint density at radius 3 is 2.67 bits per heavy atom. The van der Waals surface area contributed by atoms with Gasteiger partial charge in [0.15, 0.2) is 11.5 Å². The summed E-state index contributed by atoms with van der Waals surface area (Å²) in [5.74, 6) is 1.46. The van der Waals surface area contributed by atoms with Gasteiger partial charge >= 0.3 is 0 Å². The number of aromatic nitrogens is 5. The molecule has 0 radical (unpaired) electrons. The van der Waals surface area contributed by atoms with Gasteiger partial charge in [0.2, 0.25) is 5.95 Å². The highest BCUT2D eigenvalue weighted by molar-refractivity contribution is 5.94. The fraction of sp³-hybridized carbons (Fsp3) is 0.476. The number of likely N-dealkylation sites (N-methyl/N-ethyl adjacent to an activating group) is 1. The number of nitrogens with zero attached hydrogens (tertiary/aromatic N) is 7. The van der Waals surface area contributed by atoms with Crippen LogP contribution < -0.4 is 10.2 Å². The first-order chi connectivity index (χ1) is 14.6. The van der Waals surface area contributed by atoms with Crippen LogP contribution in [0, 0.1) is 0 Å². The summed E-state index contributed by atoms with van der Waals surface area (Å²) in [6.07, 6.45) is 7.17. The van der Waals surface area contributed by atoms with Gasteiger partial charge in [-0.15, -0.1) is 10.2 Å². The maximum absolute atomic E-state index is 12.7. The highest BCUT2D eigenvalue weighted by Gasteiger charge is 2.30. The first-order valence-electron chi connectivity index (χ1n) is 10.5. The quantitative estimate of drug-likeness (QED) is 0.666. The summed E-state index contributed by atoms with van der Waals surface area (Å²) >= 11 is 0. The van der Waals surface area contributed by atoms with Crippen LogP contribution in [0.3, 0.4) is 0 Å². The van der Waals surface area contributed by atoms with Crippen molar-refractivity contribution in [1.82, 2.24) is 34.8 Å². The van der Waals surface area contributed by atoms with E-state index in [1.54, 1.807) is 18.5 Å². The summed E-state index contributed by atoms with van der Waals surface area (Å²) in [7, 11) is 2.08. The topological polar surface area (TPSA) is 91.5 Å². The number of pyridine rings is 1. The van der Waals surface area contributed by atoms with Crippen LogP contribution in [0.1, 0.15) is 48.9 Å². The molecule has 0 saturated carbocycles. The van der Waals surface area contributed by atoms with Gasteiger partial charge in [0.05, 0.1) is 11.6 Å². The highest BCUT2D eigenvalue weighted by atomic mass is 16.1. The van der Waals surface area contributed by atoms with Crippen LogP contribution in [-0.4, -0.2) is 68.1 Å². The minimum absolute atomic E-state index is 0.00917. The van der Waals surface area contributed by atoms with Gasteiger partial charge in [0, 0.05) is 44.3 Å². The van der Waals surface area contributed by atoms with Crippen molar-refractivity contribution >= 4 is 17.5 Å². The Hall–Kier alpha value is -3.07. The second kappa shape index (κ2) is 8.74. The number of fused-ring (bicyclic) bond motifs is 1. The number of carbonyl (C=O) groups is 1. The van der Waals surface area contributed by atoms with E-state index in [4.69, 9.17) is 0 Å². The summed E-state index contributed by atoms with van der Waals surface area (Å²) in [5.41, 5.74) is 1.34. The van der Waals surface area contributed by atoms with Gasteiger partial charge < -0.3 is 10.2 Å². The van der Waals surface area contributed by atoms with Gasteiger partial charge in [-0.2, -0.15) is 0 Å². The van der Waals surface area contributed by atoms with Crippen LogP contribution in [0.15, 0.2) is 36.8 Å². The highest BCUT2D eigenvalue weighted by Crippen LogP contribution is 2.25. The van der Waals surface area contributed by atoms with Crippen molar-refractivity contribution in [3.05, 3.63) is 48.2 Å². The van der Waals surface area contributed by atoms with Crippen molar-refractivity contribution in [2.24, 2.45) is 0 Å². The van der Waals surface area contributed by atoms with Gasteiger partial charge in [-0.3, -0.25) is 14.1 Å². The lowest BCUT2D eigenvalue weighted by atomic mass is 10.1. The molecule has 9 heteroatoms. The van der Waals surface area contributed by atoms with Crippen molar-refractivity contribution in [1.29, 1.82) is 0 Å². The van der Waals surface area contributed by atoms with Gasteiger partial charge in [0.25, 0.3) is 5.91 Å². The number of nitrogens with one attached hydrogen (secondary N) is 1. The average molecular weight is 409 g/mol. The van der Waals surface area contributed by atoms with E-state index in [2.05, 4.69) is 56.2 Å². The van der Waals surface area contributed by atoms with E-state index in [-0.39, 0.29) is 18.0 Å². The molecule has 30 heavy (non-hydrogen) atoms. The maximum atomic E-state index is 12.7. The molecule has 0 unspecified atom stereocenters. The second-order valence-electron chi connectivity index (χ2n) is 7.68. The third kappa shape index (κ3) is 3.97. The van der Waals surface area contributed by atoms with Crippen LogP contribution in [0.4, 0.5) is 5.95 Å². The predicted octanol–water partition coefficient (Wildman–Crippen LogP) is 1.93. The molecule has 0 aliphatic carbocycles. The molecule has 158 valence electrons. The van der Waals surface area contributed by atoms with Crippen molar-refractivity contribution in [3.8, 4) is 0 Å². The lowest BCUT2D eigenvalue weighted by molar-refractivity contribution is 0.0934. The molecule has 3 aromatic rings. The van der Waals surface area contributed by atoms with E-state index in [0.29, 0.717) is 12.1 Å². The smallest absolute Gasteiger partial charge is 0.252 e. The Kier molecular flexibility index (Phi) is 5.89. The van der Waals surface area contributed by atoms with Crippen LogP contribution in [-0.2, 0) is 0 Å². The average Bonchev–Trinajstić information content (AvgIpc) is 3.21. The summed E-state index contributed by atoms with van der Waals surface area (Å²) in [5, 5.41) is 11.9. The monoisotopic (exact) mass is 408 g/mol. The zero-order valence-electron chi connectivity index (χ0n) is 17.7. The molecule has 3 aromatic heterocycles. The van der Waals surface area contributed by atoms with Gasteiger partial charge in [-0.05, 0) is 38.1 Å². The van der Waals surface area contributed by atoms with E-state index in [0.717, 1.165) is 43.4 Å². The van der Waals surface area contributed by atoms with E-state index >= 15 is 0 Å². The third-order valence-electron chi connectivity index (χ3n) is 5.79. The molecule has 1 aliphatic heterocycles. The number of rotatable bonds is 6. The Morgan fingerprint density at radius 2 is 1.93 bits per heavy atom. The largest absolute Gasteiger partial charge is 0.349 e. The van der Waals surface area contributed by atoms with Crippen LogP contribution in [0.25, 0.3) is 5.65 Å². The lowest BCUT2D eigenvalue weighted by Crippen LogP contribution is -2.48. The molecule has 0 bridgehead atoms. The molecule has 4 heterocycles. The summed E-state index contributed by atoms with van der Waals surface area (Å²) < 4.78 is 1.93. The van der Waals surface area contributed by atoms with Gasteiger partial charge in [-0.25, -0.2) is 9.97 Å². The Balaban J connectivity index is 1.62. The molecule has 1 fully saturated rings. The molecule has 1 N–H and O–H groups in total. The van der Waals surface area contributed by atoms with Gasteiger partial charge in [0.1, 0.15) is 0 Å². The van der Waals surface area contributed by atoms with Crippen molar-refractivity contribution in [2.45, 2.75) is 38.8 Å². The van der Waals surface area contributed by atoms with Crippen molar-refractivity contribution in [2.75, 3.05) is 31.6 Å². The Morgan fingerprint density at radius 1 is 1.17 bits per heavy atom. The van der Waals surface area contributed by atoms with Crippen LogP contribution in [0.2, 0.25) is 0 Å². The minimum Gasteiger partial charge on any atom is -0.349 e. The van der Waals surface area contributed by atoms with Crippen molar-refractivity contribution < 1.29 is 4.79 Å². The fourth-order valence-corrected chi connectivity index (χ4v) is 3.82. The second-order valence-corrected chi connectivity index (χ2v) is 7.68. The van der Waals surface area contributed by atoms with Crippen molar-refractivity contribution in [3.63, 3.8) is 0 Å². The molecular weight excluding hydrogens is 380 g/mol. The lowest BCUT2D eigenvalue weighted by Gasteiger charge is -2.38. The molecule has 1 amide bonds. The molecule has 1 aliphatic rings. The molecule has 0 spiro atoms. The van der Waals surface area contributed by atoms with Crippen LogP contribution in [0.5, 0.6) is 0 Å². The first kappa shape index (κ1) is 20.2. The number of carbonyl (C=O) groups excluding carboxylic acids is 1. The van der Waals surface area contributed by atoms with E-state index in [9.17, 15) is 4.79 Å². The maximum Gasteiger partial charge on any atom is 0.252 e. The summed E-state index contributed by atoms with van der Waals surface area (Å²) in [6.45, 7) is 6.56. The summed E-state index contributed by atoms with van der Waals surface area (Å²) in [6, 6.07) is 5.66. The molecule has 0 aromatic carbocycles. The molecule has 1 atom stereocenters. The minimum atomic E-state index is -0.0680. The Labute approximate surface area is 176 Å².